The highest BCUT2D eigenvalue weighted by molar-refractivity contribution is 9.10. The van der Waals surface area contributed by atoms with Gasteiger partial charge in [-0.15, -0.1) is 0 Å². The van der Waals surface area contributed by atoms with Crippen LogP contribution < -0.4 is 10.6 Å². The molecule has 1 saturated carbocycles. The Bertz CT molecular complexity index is 2030. The molecule has 3 amide bonds. The maximum absolute atomic E-state index is 14.3. The molecule has 50 heavy (non-hydrogen) atoms. The van der Waals surface area contributed by atoms with E-state index in [9.17, 15) is 19.2 Å². The summed E-state index contributed by atoms with van der Waals surface area (Å²) in [5.74, 6) is 0.214. The number of carbonyl (C=O) groups excluding carboxylic acids is 4. The number of piperidine rings is 1. The molecule has 3 aliphatic rings. The van der Waals surface area contributed by atoms with Gasteiger partial charge in [0.25, 0.3) is 0 Å². The van der Waals surface area contributed by atoms with Crippen LogP contribution in [0.2, 0.25) is 0 Å². The lowest BCUT2D eigenvalue weighted by atomic mass is 9.85. The van der Waals surface area contributed by atoms with Gasteiger partial charge in [-0.1, -0.05) is 32.8 Å². The van der Waals surface area contributed by atoms with E-state index in [1.54, 1.807) is 36.5 Å². The summed E-state index contributed by atoms with van der Waals surface area (Å²) in [6.45, 7) is 7.35. The number of anilines is 1. The molecule has 260 valence electrons. The first kappa shape index (κ1) is 33.9. The minimum absolute atomic E-state index is 0.0152. The molecule has 1 aliphatic carbocycles. The van der Waals surface area contributed by atoms with Crippen molar-refractivity contribution in [3.63, 3.8) is 0 Å². The van der Waals surface area contributed by atoms with Crippen molar-refractivity contribution in [2.75, 3.05) is 11.9 Å². The topological polar surface area (TPSA) is 165 Å². The summed E-state index contributed by atoms with van der Waals surface area (Å²) in [6, 6.07) is 4.57. The molecular formula is C36H40BrN9O4. The van der Waals surface area contributed by atoms with E-state index in [1.807, 2.05) is 26.0 Å². The molecule has 1 spiro atoms. The number of nitrogens with zero attached hydrogens (tertiary/aromatic N) is 7. The fourth-order valence-corrected chi connectivity index (χ4v) is 7.77. The van der Waals surface area contributed by atoms with E-state index in [-0.39, 0.29) is 41.8 Å². The van der Waals surface area contributed by atoms with Gasteiger partial charge in [0.15, 0.2) is 5.78 Å². The Balaban J connectivity index is 1.21. The summed E-state index contributed by atoms with van der Waals surface area (Å²) < 4.78 is 2.09. The maximum Gasteiger partial charge on any atom is 0.248 e. The molecule has 2 aliphatic heterocycles. The van der Waals surface area contributed by atoms with E-state index in [0.717, 1.165) is 37.7 Å². The molecule has 1 saturated heterocycles. The summed E-state index contributed by atoms with van der Waals surface area (Å²) in [4.78, 5) is 73.9. The van der Waals surface area contributed by atoms with Crippen LogP contribution in [0.3, 0.4) is 0 Å². The molecule has 0 unspecified atom stereocenters. The molecule has 13 nitrogen and oxygen atoms in total. The van der Waals surface area contributed by atoms with Crippen LogP contribution in [0.25, 0.3) is 22.2 Å². The highest BCUT2D eigenvalue weighted by Crippen LogP contribution is 2.59. The zero-order valence-corrected chi connectivity index (χ0v) is 30.2. The first-order chi connectivity index (χ1) is 23.8. The van der Waals surface area contributed by atoms with E-state index < -0.39 is 16.9 Å². The number of aryl methyl sites for hydroxylation is 2. The molecule has 14 heteroatoms. The molecule has 4 aromatic heterocycles. The lowest BCUT2D eigenvalue weighted by Gasteiger charge is -2.27. The minimum Gasteiger partial charge on any atom is -0.355 e. The van der Waals surface area contributed by atoms with Crippen molar-refractivity contribution in [2.24, 2.45) is 10.8 Å². The number of carbonyl (C=O) groups is 4. The van der Waals surface area contributed by atoms with Crippen LogP contribution in [0.1, 0.15) is 81.2 Å². The number of rotatable bonds is 4. The summed E-state index contributed by atoms with van der Waals surface area (Å²) >= 11 is 3.45. The number of halogens is 1. The van der Waals surface area contributed by atoms with Crippen molar-refractivity contribution in [3.8, 4) is 11.3 Å². The predicted molar refractivity (Wildman–Crippen MR) is 189 cm³/mol. The van der Waals surface area contributed by atoms with E-state index in [1.165, 1.54) is 11.6 Å². The van der Waals surface area contributed by atoms with Crippen LogP contribution in [0.5, 0.6) is 0 Å². The van der Waals surface area contributed by atoms with E-state index in [2.05, 4.69) is 51.6 Å². The quantitative estimate of drug-likeness (QED) is 0.221. The van der Waals surface area contributed by atoms with Crippen LogP contribution in [0.15, 0.2) is 41.4 Å². The number of ketones is 1. The van der Waals surface area contributed by atoms with Crippen LogP contribution in [0.4, 0.5) is 5.82 Å². The molecule has 0 aromatic carbocycles. The molecule has 2 N–H and O–H groups in total. The highest BCUT2D eigenvalue weighted by atomic mass is 79.9. The second-order valence-corrected chi connectivity index (χ2v) is 15.3. The number of hydrogen-bond donors (Lipinski definition) is 2. The van der Waals surface area contributed by atoms with Gasteiger partial charge in [0.2, 0.25) is 17.7 Å². The van der Waals surface area contributed by atoms with Gasteiger partial charge in [0.1, 0.15) is 34.5 Å². The van der Waals surface area contributed by atoms with Gasteiger partial charge in [0, 0.05) is 53.7 Å². The smallest absolute Gasteiger partial charge is 0.248 e. The first-order valence-corrected chi connectivity index (χ1v) is 17.9. The highest BCUT2D eigenvalue weighted by Gasteiger charge is 2.67. The molecule has 3 atom stereocenters. The zero-order chi connectivity index (χ0) is 35.4. The molecule has 6 heterocycles. The molecule has 7 rings (SSSR count). The Morgan fingerprint density at radius 2 is 1.82 bits per heavy atom. The van der Waals surface area contributed by atoms with Crippen molar-refractivity contribution < 1.29 is 19.2 Å². The second-order valence-electron chi connectivity index (χ2n) is 14.5. The number of likely N-dealkylation sites (tertiary alicyclic amines) is 1. The normalized spacial score (nSPS) is 23.5. The van der Waals surface area contributed by atoms with Gasteiger partial charge >= 0.3 is 0 Å². The van der Waals surface area contributed by atoms with E-state index >= 15 is 0 Å². The number of aromatic nitrogens is 6. The Hall–Kier alpha value is -4.59. The molecule has 2 fully saturated rings. The van der Waals surface area contributed by atoms with Crippen molar-refractivity contribution in [1.29, 1.82) is 0 Å². The van der Waals surface area contributed by atoms with Gasteiger partial charge in [-0.2, -0.15) is 5.10 Å². The Kier molecular flexibility index (Phi) is 8.77. The third-order valence-electron chi connectivity index (χ3n) is 10.5. The lowest BCUT2D eigenvalue weighted by molar-refractivity contribution is -0.138. The van der Waals surface area contributed by atoms with Crippen LogP contribution in [-0.4, -0.2) is 76.7 Å². The average molecular weight is 743 g/mol. The van der Waals surface area contributed by atoms with Gasteiger partial charge in [-0.25, -0.2) is 15.0 Å². The van der Waals surface area contributed by atoms with Crippen molar-refractivity contribution in [3.05, 3.63) is 58.5 Å². The largest absolute Gasteiger partial charge is 0.355 e. The van der Waals surface area contributed by atoms with E-state index in [4.69, 9.17) is 0 Å². The summed E-state index contributed by atoms with van der Waals surface area (Å²) in [5, 5.41) is 11.3. The van der Waals surface area contributed by atoms with Gasteiger partial charge in [-0.05, 0) is 72.7 Å². The number of fused-ring (bicyclic) bond motifs is 3. The summed E-state index contributed by atoms with van der Waals surface area (Å²) in [6.07, 6.45) is 10.2. The summed E-state index contributed by atoms with van der Waals surface area (Å²) in [7, 11) is 0. The third-order valence-corrected chi connectivity index (χ3v) is 10.9. The van der Waals surface area contributed by atoms with Gasteiger partial charge in [0.05, 0.1) is 17.4 Å². The molecule has 0 radical (unpaired) electrons. The lowest BCUT2D eigenvalue weighted by Crippen LogP contribution is -2.47. The Labute approximate surface area is 298 Å². The van der Waals surface area contributed by atoms with Gasteiger partial charge in [-0.3, -0.25) is 28.8 Å². The molecule has 2 bridgehead atoms. The van der Waals surface area contributed by atoms with Crippen LogP contribution >= 0.6 is 15.9 Å². The predicted octanol–water partition coefficient (Wildman–Crippen LogP) is 4.81. The minimum atomic E-state index is -0.784. The Morgan fingerprint density at radius 3 is 2.58 bits per heavy atom. The number of hydrogen-bond acceptors (Lipinski definition) is 9. The molecular weight excluding hydrogens is 702 g/mol. The fraction of sp³-hybridized carbons (Fsp3) is 0.472. The van der Waals surface area contributed by atoms with Crippen LogP contribution in [0, 0.1) is 17.8 Å². The number of nitrogens with one attached hydrogen (secondary N) is 2. The SMILES string of the molecule is CC(=O)c1nn(CC(=O)N2[C@H]3C[C@@]4(CNC(=O)C(C)(C)CCCCCc5ccc(Br)nc5NC3=O)C[C@@H]24)c2cnc(-c3cnc(C)nc3)cc12. The van der Waals surface area contributed by atoms with Crippen molar-refractivity contribution >= 4 is 56.2 Å². The fourth-order valence-electron chi connectivity index (χ4n) is 7.46. The van der Waals surface area contributed by atoms with Crippen molar-refractivity contribution in [2.45, 2.75) is 91.3 Å². The van der Waals surface area contributed by atoms with E-state index in [0.29, 0.717) is 57.8 Å². The second kappa shape index (κ2) is 12.9. The number of pyridine rings is 2. The number of Topliss-reactive ketones (excluding diaryl/α,β-unsaturated/α-hetero) is 1. The molecule has 4 aromatic rings. The number of amides is 3. The third kappa shape index (κ3) is 6.40. The standard InChI is InChI=1S/C36H40BrN9O4/c1-20(47)31-24-12-25(23-15-38-21(2)39-16-23)40-17-27(24)45(44-31)18-30(48)46-26-13-36(14-28(36)46)19-41-34(50)35(3,4)11-7-5-6-8-22-9-10-29(37)42-32(22)43-33(26)49/h9-10,12,15-17,26,28H,5-8,11,13-14,18-19H2,1-4H3,(H,41,50)(H,42,43,49)/t26-,28+,36-/m0/s1. The van der Waals surface area contributed by atoms with Crippen molar-refractivity contribution in [1.82, 2.24) is 39.9 Å². The summed E-state index contributed by atoms with van der Waals surface area (Å²) in [5.41, 5.74) is 1.96. The van der Waals surface area contributed by atoms with Crippen LogP contribution in [-0.2, 0) is 27.3 Å². The average Bonchev–Trinajstić information content (AvgIpc) is 3.50. The van der Waals surface area contributed by atoms with Gasteiger partial charge < -0.3 is 15.5 Å². The maximum atomic E-state index is 14.3. The monoisotopic (exact) mass is 741 g/mol. The Morgan fingerprint density at radius 1 is 1.04 bits per heavy atom. The zero-order valence-electron chi connectivity index (χ0n) is 28.6. The first-order valence-electron chi connectivity index (χ1n) is 17.1.